The van der Waals surface area contributed by atoms with Gasteiger partial charge in [-0.1, -0.05) is 11.2 Å². The lowest BCUT2D eigenvalue weighted by atomic mass is 10.2. The van der Waals surface area contributed by atoms with Gasteiger partial charge in [0, 0.05) is 29.3 Å². The highest BCUT2D eigenvalue weighted by Crippen LogP contribution is 2.40. The number of nitrogens with one attached hydrogen (secondary N) is 1. The molecule has 0 aliphatic heterocycles. The Balaban J connectivity index is 1.57. The number of nitrogens with zero attached hydrogens (tertiary/aromatic N) is 1. The number of amides is 1. The molecule has 1 amide bonds. The van der Waals surface area contributed by atoms with Gasteiger partial charge in [-0.15, -0.1) is 11.3 Å². The van der Waals surface area contributed by atoms with Crippen LogP contribution in [-0.2, 0) is 6.42 Å². The van der Waals surface area contributed by atoms with E-state index >= 15 is 0 Å². The molecule has 2 aromatic rings. The SMILES string of the molecule is C[C@H](Cc1cccs1)NC(=O)c1cc(C2CC2)on1. The lowest BCUT2D eigenvalue weighted by Gasteiger charge is -2.11. The summed E-state index contributed by atoms with van der Waals surface area (Å²) in [5.41, 5.74) is 0.389. The first-order valence-corrected chi connectivity index (χ1v) is 7.40. The minimum atomic E-state index is -0.153. The van der Waals surface area contributed by atoms with E-state index in [0.717, 1.165) is 25.0 Å². The minimum Gasteiger partial charge on any atom is -0.360 e. The molecule has 1 atom stereocenters. The lowest BCUT2D eigenvalue weighted by molar-refractivity contribution is 0.0931. The molecule has 3 rings (SSSR count). The van der Waals surface area contributed by atoms with Gasteiger partial charge < -0.3 is 9.84 Å². The molecule has 0 radical (unpaired) electrons. The van der Waals surface area contributed by atoms with E-state index in [4.69, 9.17) is 4.52 Å². The number of carbonyl (C=O) groups excluding carboxylic acids is 1. The standard InChI is InChI=1S/C14H16N2O2S/c1-9(7-11-3-2-6-19-11)15-14(17)12-8-13(18-16-12)10-4-5-10/h2-3,6,8-10H,4-5,7H2,1H3,(H,15,17)/t9-/m1/s1. The van der Waals surface area contributed by atoms with Gasteiger partial charge >= 0.3 is 0 Å². The fourth-order valence-electron chi connectivity index (χ4n) is 2.04. The number of rotatable bonds is 5. The van der Waals surface area contributed by atoms with Crippen LogP contribution in [0, 0.1) is 0 Å². The zero-order chi connectivity index (χ0) is 13.2. The van der Waals surface area contributed by atoms with Crippen LogP contribution in [0.1, 0.15) is 46.8 Å². The molecule has 2 aromatic heterocycles. The summed E-state index contributed by atoms with van der Waals surface area (Å²) in [5.74, 6) is 1.17. The van der Waals surface area contributed by atoms with Crippen molar-refractivity contribution in [2.24, 2.45) is 0 Å². The normalized spacial score (nSPS) is 16.3. The van der Waals surface area contributed by atoms with Crippen LogP contribution in [0.3, 0.4) is 0 Å². The maximum absolute atomic E-state index is 12.0. The second-order valence-corrected chi connectivity index (χ2v) is 6.08. The van der Waals surface area contributed by atoms with Gasteiger partial charge in [-0.2, -0.15) is 0 Å². The van der Waals surface area contributed by atoms with Gasteiger partial charge in [0.2, 0.25) is 0 Å². The van der Waals surface area contributed by atoms with Crippen molar-refractivity contribution < 1.29 is 9.32 Å². The molecule has 1 saturated carbocycles. The van der Waals surface area contributed by atoms with Crippen molar-refractivity contribution in [1.82, 2.24) is 10.5 Å². The number of thiophene rings is 1. The maximum atomic E-state index is 12.0. The molecule has 1 aliphatic carbocycles. The summed E-state index contributed by atoms with van der Waals surface area (Å²) < 4.78 is 5.19. The van der Waals surface area contributed by atoms with Gasteiger partial charge in [-0.05, 0) is 31.2 Å². The summed E-state index contributed by atoms with van der Waals surface area (Å²) in [6.45, 7) is 2.00. The van der Waals surface area contributed by atoms with E-state index in [-0.39, 0.29) is 11.9 Å². The molecule has 1 aliphatic rings. The second-order valence-electron chi connectivity index (χ2n) is 5.05. The highest BCUT2D eigenvalue weighted by atomic mass is 32.1. The molecule has 100 valence electrons. The van der Waals surface area contributed by atoms with Gasteiger partial charge in [0.25, 0.3) is 5.91 Å². The summed E-state index contributed by atoms with van der Waals surface area (Å²) in [5, 5.41) is 8.84. The van der Waals surface area contributed by atoms with E-state index in [9.17, 15) is 4.79 Å². The molecule has 19 heavy (non-hydrogen) atoms. The van der Waals surface area contributed by atoms with Crippen molar-refractivity contribution in [3.8, 4) is 0 Å². The molecule has 4 nitrogen and oxygen atoms in total. The Hall–Kier alpha value is -1.62. The van der Waals surface area contributed by atoms with E-state index in [0.29, 0.717) is 11.6 Å². The van der Waals surface area contributed by atoms with Gasteiger partial charge in [0.15, 0.2) is 5.69 Å². The Bertz CT molecular complexity index is 558. The third-order valence-electron chi connectivity index (χ3n) is 3.21. The summed E-state index contributed by atoms with van der Waals surface area (Å²) in [6, 6.07) is 5.96. The predicted octanol–water partition coefficient (Wildman–Crippen LogP) is 2.97. The molecule has 0 bridgehead atoms. The van der Waals surface area contributed by atoms with Crippen molar-refractivity contribution in [1.29, 1.82) is 0 Å². The Morgan fingerprint density at radius 3 is 3.16 bits per heavy atom. The topological polar surface area (TPSA) is 55.1 Å². The first-order valence-electron chi connectivity index (χ1n) is 6.52. The molecule has 1 N–H and O–H groups in total. The Kier molecular flexibility index (Phi) is 3.38. The Morgan fingerprint density at radius 2 is 2.47 bits per heavy atom. The van der Waals surface area contributed by atoms with Crippen LogP contribution in [0.4, 0.5) is 0 Å². The van der Waals surface area contributed by atoms with Gasteiger partial charge in [-0.25, -0.2) is 0 Å². The van der Waals surface area contributed by atoms with Crippen LogP contribution in [0.15, 0.2) is 28.1 Å². The fraction of sp³-hybridized carbons (Fsp3) is 0.429. The molecule has 0 aromatic carbocycles. The summed E-state index contributed by atoms with van der Waals surface area (Å²) in [7, 11) is 0. The Morgan fingerprint density at radius 1 is 1.63 bits per heavy atom. The minimum absolute atomic E-state index is 0.0900. The first-order chi connectivity index (χ1) is 9.22. The zero-order valence-electron chi connectivity index (χ0n) is 10.8. The molecular weight excluding hydrogens is 260 g/mol. The summed E-state index contributed by atoms with van der Waals surface area (Å²) >= 11 is 1.70. The van der Waals surface area contributed by atoms with Crippen LogP contribution in [-0.4, -0.2) is 17.1 Å². The predicted molar refractivity (Wildman–Crippen MR) is 73.4 cm³/mol. The van der Waals surface area contributed by atoms with Crippen molar-refractivity contribution in [3.05, 3.63) is 39.9 Å². The molecule has 0 saturated heterocycles. The van der Waals surface area contributed by atoms with E-state index in [1.54, 1.807) is 17.4 Å². The number of hydrogen-bond acceptors (Lipinski definition) is 4. The molecule has 1 fully saturated rings. The summed E-state index contributed by atoms with van der Waals surface area (Å²) in [6.07, 6.45) is 3.13. The number of hydrogen-bond donors (Lipinski definition) is 1. The first kappa shape index (κ1) is 12.4. The lowest BCUT2D eigenvalue weighted by Crippen LogP contribution is -2.34. The van der Waals surface area contributed by atoms with Crippen LogP contribution in [0.2, 0.25) is 0 Å². The Labute approximate surface area is 115 Å². The third kappa shape index (κ3) is 3.04. The molecule has 0 spiro atoms. The smallest absolute Gasteiger partial charge is 0.273 e. The van der Waals surface area contributed by atoms with Crippen molar-refractivity contribution >= 4 is 17.2 Å². The average molecular weight is 276 g/mol. The van der Waals surface area contributed by atoms with Crippen molar-refractivity contribution in [2.45, 2.75) is 38.1 Å². The second kappa shape index (κ2) is 5.17. The fourth-order valence-corrected chi connectivity index (χ4v) is 2.87. The van der Waals surface area contributed by atoms with Crippen LogP contribution in [0.5, 0.6) is 0 Å². The number of aromatic nitrogens is 1. The quantitative estimate of drug-likeness (QED) is 0.913. The monoisotopic (exact) mass is 276 g/mol. The highest BCUT2D eigenvalue weighted by molar-refractivity contribution is 7.09. The molecule has 2 heterocycles. The molecule has 0 unspecified atom stereocenters. The van der Waals surface area contributed by atoms with E-state index in [1.165, 1.54) is 4.88 Å². The van der Waals surface area contributed by atoms with Gasteiger partial charge in [0.1, 0.15) is 5.76 Å². The van der Waals surface area contributed by atoms with Crippen LogP contribution in [0.25, 0.3) is 0 Å². The van der Waals surface area contributed by atoms with E-state index in [1.807, 2.05) is 18.4 Å². The number of carbonyl (C=O) groups is 1. The summed E-state index contributed by atoms with van der Waals surface area (Å²) in [4.78, 5) is 13.3. The van der Waals surface area contributed by atoms with Gasteiger partial charge in [0.05, 0.1) is 0 Å². The van der Waals surface area contributed by atoms with E-state index in [2.05, 4.69) is 16.5 Å². The van der Waals surface area contributed by atoms with Crippen molar-refractivity contribution in [2.75, 3.05) is 0 Å². The third-order valence-corrected chi connectivity index (χ3v) is 4.10. The maximum Gasteiger partial charge on any atom is 0.273 e. The van der Waals surface area contributed by atoms with Gasteiger partial charge in [-0.3, -0.25) is 4.79 Å². The van der Waals surface area contributed by atoms with Crippen LogP contribution < -0.4 is 5.32 Å². The zero-order valence-corrected chi connectivity index (χ0v) is 11.6. The van der Waals surface area contributed by atoms with Crippen molar-refractivity contribution in [3.63, 3.8) is 0 Å². The van der Waals surface area contributed by atoms with E-state index < -0.39 is 0 Å². The molecule has 5 heteroatoms. The average Bonchev–Trinajstić information content (AvgIpc) is 2.91. The van der Waals surface area contributed by atoms with Crippen LogP contribution >= 0.6 is 11.3 Å². The largest absolute Gasteiger partial charge is 0.360 e. The highest BCUT2D eigenvalue weighted by Gasteiger charge is 2.29. The molecular formula is C14H16N2O2S.